The summed E-state index contributed by atoms with van der Waals surface area (Å²) in [5.41, 5.74) is 0.249. The lowest BCUT2D eigenvalue weighted by Gasteiger charge is -2.32. The molecule has 0 saturated carbocycles. The Balaban J connectivity index is 1.32. The van der Waals surface area contributed by atoms with Crippen LogP contribution in [-0.2, 0) is 26.5 Å². The Morgan fingerprint density at radius 2 is 1.81 bits per heavy atom. The molecule has 48 heavy (non-hydrogen) atoms. The van der Waals surface area contributed by atoms with E-state index in [1.54, 1.807) is 77.5 Å². The van der Waals surface area contributed by atoms with E-state index in [0.29, 0.717) is 35.5 Å². The third-order valence-corrected chi connectivity index (χ3v) is 12.6. The van der Waals surface area contributed by atoms with Gasteiger partial charge in [0.15, 0.2) is 13.9 Å². The molecule has 0 radical (unpaired) electrons. The minimum Gasteiger partial charge on any atom is -0.432 e. The maximum Gasteiger partial charge on any atom is 0.269 e. The zero-order chi connectivity index (χ0) is 34.4. The average Bonchev–Trinajstić information content (AvgIpc) is 3.72. The van der Waals surface area contributed by atoms with E-state index in [1.165, 1.54) is 12.1 Å². The topological polar surface area (TPSA) is 163 Å². The number of fused-ring (bicyclic) bond motifs is 2. The molecular formula is C35H40N4O8Si. The van der Waals surface area contributed by atoms with Gasteiger partial charge < -0.3 is 29.8 Å². The number of nitro benzene ring substituents is 1. The number of non-ortho nitro benzene ring substituents is 1. The summed E-state index contributed by atoms with van der Waals surface area (Å²) < 4.78 is 6.71. The minimum absolute atomic E-state index is 0.0854. The van der Waals surface area contributed by atoms with Crippen LogP contribution in [0.25, 0.3) is 0 Å². The summed E-state index contributed by atoms with van der Waals surface area (Å²) in [6.45, 7) is 5.81. The van der Waals surface area contributed by atoms with Crippen molar-refractivity contribution in [3.8, 4) is 0 Å². The molecule has 6 rings (SSSR count). The molecule has 0 bridgehead atoms. The summed E-state index contributed by atoms with van der Waals surface area (Å²) in [7, 11) is -3.09. The van der Waals surface area contributed by atoms with Crippen LogP contribution in [0.5, 0.6) is 0 Å². The first kappa shape index (κ1) is 33.5. The molecular weight excluding hydrogens is 632 g/mol. The van der Waals surface area contributed by atoms with Crippen LogP contribution in [0.15, 0.2) is 72.8 Å². The number of carbonyl (C=O) groups excluding carboxylic acids is 3. The zero-order valence-corrected chi connectivity index (χ0v) is 28.2. The van der Waals surface area contributed by atoms with Gasteiger partial charge in [-0.15, -0.1) is 0 Å². The molecule has 5 atom stereocenters. The van der Waals surface area contributed by atoms with Crippen LogP contribution < -0.4 is 10.2 Å². The number of nitro groups is 1. The average molecular weight is 673 g/mol. The van der Waals surface area contributed by atoms with Crippen LogP contribution in [0.4, 0.5) is 17.1 Å². The van der Waals surface area contributed by atoms with Crippen molar-refractivity contribution in [2.75, 3.05) is 23.4 Å². The summed E-state index contributed by atoms with van der Waals surface area (Å²) in [4.78, 5) is 67.0. The predicted octanol–water partition coefficient (Wildman–Crippen LogP) is 4.57. The van der Waals surface area contributed by atoms with Gasteiger partial charge in [0.25, 0.3) is 17.5 Å². The Morgan fingerprint density at radius 1 is 1.10 bits per heavy atom. The van der Waals surface area contributed by atoms with E-state index in [-0.39, 0.29) is 43.1 Å². The van der Waals surface area contributed by atoms with Gasteiger partial charge in [-0.2, -0.15) is 0 Å². The minimum atomic E-state index is -3.09. The fraction of sp³-hybridized carbons (Fsp3) is 0.400. The van der Waals surface area contributed by atoms with Crippen LogP contribution in [0.1, 0.15) is 47.7 Å². The number of likely N-dealkylation sites (tertiary alicyclic amines) is 1. The summed E-state index contributed by atoms with van der Waals surface area (Å²) in [5, 5.41) is 24.6. The molecule has 3 heterocycles. The molecule has 1 spiro atoms. The van der Waals surface area contributed by atoms with Crippen molar-refractivity contribution in [2.45, 2.75) is 69.1 Å². The highest BCUT2D eigenvalue weighted by Gasteiger charge is 2.66. The number of nitrogens with zero attached hydrogens (tertiary/aromatic N) is 3. The molecule has 13 heteroatoms. The van der Waals surface area contributed by atoms with Crippen molar-refractivity contribution >= 4 is 43.1 Å². The number of benzene rings is 3. The second kappa shape index (κ2) is 12.9. The maximum absolute atomic E-state index is 14.7. The second-order valence-electron chi connectivity index (χ2n) is 13.5. The number of aliphatic hydroxyl groups is 1. The predicted molar refractivity (Wildman–Crippen MR) is 181 cm³/mol. The first-order chi connectivity index (χ1) is 22.8. The highest BCUT2D eigenvalue weighted by atomic mass is 28.4. The van der Waals surface area contributed by atoms with Crippen LogP contribution >= 0.6 is 0 Å². The number of amides is 3. The number of carbonyl (C=O) groups is 3. The molecule has 2 saturated heterocycles. The third kappa shape index (κ3) is 5.91. The molecule has 3 aliphatic heterocycles. The van der Waals surface area contributed by atoms with E-state index in [0.717, 1.165) is 12.0 Å². The number of nitrogens with one attached hydrogen (secondary N) is 1. The summed E-state index contributed by atoms with van der Waals surface area (Å²) in [6, 6.07) is 19.9. The molecule has 0 aliphatic carbocycles. The molecule has 2 fully saturated rings. The molecule has 3 aromatic carbocycles. The van der Waals surface area contributed by atoms with Gasteiger partial charge in [0.05, 0.1) is 42.3 Å². The summed E-state index contributed by atoms with van der Waals surface area (Å²) in [6.07, 6.45) is 0.570. The Kier molecular flexibility index (Phi) is 8.98. The van der Waals surface area contributed by atoms with Crippen LogP contribution in [-0.4, -0.2) is 71.1 Å². The number of hydrogen-bond donors (Lipinski definition) is 3. The van der Waals surface area contributed by atoms with Crippen molar-refractivity contribution in [3.63, 3.8) is 0 Å². The fourth-order valence-corrected chi connectivity index (χ4v) is 10.4. The lowest BCUT2D eigenvalue weighted by Crippen LogP contribution is -2.46. The van der Waals surface area contributed by atoms with Crippen LogP contribution in [0, 0.1) is 16.0 Å². The van der Waals surface area contributed by atoms with Gasteiger partial charge in [0.2, 0.25) is 5.91 Å². The molecule has 3 aromatic rings. The number of anilines is 2. The molecule has 252 valence electrons. The Labute approximate surface area is 279 Å². The van der Waals surface area contributed by atoms with Crippen molar-refractivity contribution in [2.24, 2.45) is 5.92 Å². The van der Waals surface area contributed by atoms with Gasteiger partial charge >= 0.3 is 0 Å². The Hall–Kier alpha value is -4.43. The van der Waals surface area contributed by atoms with Crippen molar-refractivity contribution < 1.29 is 33.9 Å². The normalized spacial score (nSPS) is 25.1. The van der Waals surface area contributed by atoms with Crippen molar-refractivity contribution in [1.82, 2.24) is 4.90 Å². The third-order valence-electron chi connectivity index (χ3n) is 10.1. The standard InChI is InChI=1S/C35H40N4O8Si/c1-22-32(48(2,3)46)30(19-31(41)37-17-7-10-27(37)21-40)47-35(22)28-18-26(39(44)45)15-16-29(28)38(34(35)43)20-23-11-13-25(14-12-23)36-33(42)24-8-5-4-6-9-24/h4-6,8-9,11-16,18,22,27,30,32,40,46H,7,10,17,19-21H2,1-3H3,(H,36,42)/t22-,27+,30+,32-,35+/m1/s1. The molecule has 12 nitrogen and oxygen atoms in total. The molecule has 0 unspecified atom stereocenters. The first-order valence-electron chi connectivity index (χ1n) is 16.2. The molecule has 3 aliphatic rings. The Morgan fingerprint density at radius 3 is 2.46 bits per heavy atom. The monoisotopic (exact) mass is 672 g/mol. The highest BCUT2D eigenvalue weighted by molar-refractivity contribution is 6.71. The van der Waals surface area contributed by atoms with Gasteiger partial charge in [-0.3, -0.25) is 24.5 Å². The molecule has 3 N–H and O–H groups in total. The largest absolute Gasteiger partial charge is 0.432 e. The Bertz CT molecular complexity index is 1730. The van der Waals surface area contributed by atoms with E-state index >= 15 is 0 Å². The van der Waals surface area contributed by atoms with Crippen LogP contribution in [0.2, 0.25) is 18.6 Å². The first-order valence-corrected chi connectivity index (χ1v) is 19.2. The van der Waals surface area contributed by atoms with Crippen LogP contribution in [0.3, 0.4) is 0 Å². The highest BCUT2D eigenvalue weighted by Crippen LogP contribution is 2.60. The fourth-order valence-electron chi connectivity index (χ4n) is 7.85. The number of rotatable bonds is 9. The summed E-state index contributed by atoms with van der Waals surface area (Å²) in [5.74, 6) is -1.50. The van der Waals surface area contributed by atoms with Gasteiger partial charge in [-0.25, -0.2) is 0 Å². The van der Waals surface area contributed by atoms with Gasteiger partial charge in [0, 0.05) is 47.0 Å². The van der Waals surface area contributed by atoms with E-state index < -0.39 is 42.3 Å². The molecule has 0 aromatic heterocycles. The van der Waals surface area contributed by atoms with Crippen molar-refractivity contribution in [3.05, 3.63) is 99.6 Å². The van der Waals surface area contributed by atoms with E-state index in [1.807, 2.05) is 13.0 Å². The number of aliphatic hydroxyl groups excluding tert-OH is 1. The molecule has 3 amide bonds. The number of hydrogen-bond acceptors (Lipinski definition) is 8. The quantitative estimate of drug-likeness (QED) is 0.169. The van der Waals surface area contributed by atoms with Gasteiger partial charge in [0.1, 0.15) is 0 Å². The second-order valence-corrected chi connectivity index (χ2v) is 17.5. The van der Waals surface area contributed by atoms with E-state index in [4.69, 9.17) is 4.74 Å². The zero-order valence-electron chi connectivity index (χ0n) is 27.2. The SMILES string of the molecule is C[C@@H]1[C@@H]([Si](C)(C)O)[C@H](CC(=O)N2CCC[C@H]2CO)O[C@@]12C(=O)N(Cc1ccc(NC(=O)c3ccccc3)cc1)c1ccc([N+](=O)[O-])cc12. The van der Waals surface area contributed by atoms with E-state index in [9.17, 15) is 34.4 Å². The van der Waals surface area contributed by atoms with E-state index in [2.05, 4.69) is 5.32 Å². The van der Waals surface area contributed by atoms with Crippen molar-refractivity contribution in [1.29, 1.82) is 0 Å². The van der Waals surface area contributed by atoms with Gasteiger partial charge in [-0.05, 0) is 61.8 Å². The maximum atomic E-state index is 14.7. The lowest BCUT2D eigenvalue weighted by molar-refractivity contribution is -0.385. The smallest absolute Gasteiger partial charge is 0.269 e. The number of ether oxygens (including phenoxy) is 1. The van der Waals surface area contributed by atoms with Gasteiger partial charge in [-0.1, -0.05) is 37.3 Å². The summed E-state index contributed by atoms with van der Waals surface area (Å²) >= 11 is 0. The lowest BCUT2D eigenvalue weighted by atomic mass is 9.82.